The lowest BCUT2D eigenvalue weighted by molar-refractivity contribution is 0.465. The summed E-state index contributed by atoms with van der Waals surface area (Å²) in [5.74, 6) is -0.423. The van der Waals surface area contributed by atoms with Gasteiger partial charge in [0.2, 0.25) is 10.0 Å². The van der Waals surface area contributed by atoms with Gasteiger partial charge in [0, 0.05) is 29.2 Å². The third-order valence-electron chi connectivity index (χ3n) is 4.23. The number of nitrogens with one attached hydrogen (secondary N) is 1. The molecule has 0 saturated heterocycles. The van der Waals surface area contributed by atoms with Crippen molar-refractivity contribution in [2.45, 2.75) is 11.8 Å². The molecular formula is C18H16N6O3S2. The SMILES string of the molecule is CCNc1cccc2c(O)c(S(N)(=O)=O)cc(/N=N/c3snc4ncccc34)c12. The third-order valence-corrected chi connectivity index (χ3v) is 5.90. The summed E-state index contributed by atoms with van der Waals surface area (Å²) in [6, 6.07) is 9.94. The maximum Gasteiger partial charge on any atom is 0.241 e. The molecule has 0 saturated carbocycles. The first-order valence-electron chi connectivity index (χ1n) is 8.57. The lowest BCUT2D eigenvalue weighted by atomic mass is 10.1. The van der Waals surface area contributed by atoms with E-state index in [9.17, 15) is 13.5 Å². The number of fused-ring (bicyclic) bond motifs is 2. The molecule has 2 aromatic heterocycles. The van der Waals surface area contributed by atoms with Gasteiger partial charge in [0.1, 0.15) is 10.6 Å². The van der Waals surface area contributed by atoms with E-state index in [4.69, 9.17) is 5.14 Å². The molecule has 0 aliphatic carbocycles. The molecule has 0 bridgehead atoms. The zero-order valence-electron chi connectivity index (χ0n) is 15.2. The molecule has 9 nitrogen and oxygen atoms in total. The molecule has 0 aliphatic rings. The highest BCUT2D eigenvalue weighted by molar-refractivity contribution is 7.89. The maximum absolute atomic E-state index is 12.0. The van der Waals surface area contributed by atoms with E-state index in [1.165, 1.54) is 6.07 Å². The van der Waals surface area contributed by atoms with Gasteiger partial charge in [0.15, 0.2) is 10.6 Å². The van der Waals surface area contributed by atoms with Crippen LogP contribution in [0.3, 0.4) is 0 Å². The Kier molecular flexibility index (Phi) is 4.86. The van der Waals surface area contributed by atoms with E-state index in [0.717, 1.165) is 16.9 Å². The highest BCUT2D eigenvalue weighted by Crippen LogP contribution is 2.42. The van der Waals surface area contributed by atoms with Gasteiger partial charge in [-0.15, -0.1) is 10.2 Å². The number of aromatic hydroxyl groups is 1. The van der Waals surface area contributed by atoms with Gasteiger partial charge in [-0.05, 0) is 42.7 Å². The summed E-state index contributed by atoms with van der Waals surface area (Å²) >= 11 is 1.13. The average Bonchev–Trinajstić information content (AvgIpc) is 3.10. The molecule has 0 amide bonds. The van der Waals surface area contributed by atoms with Crippen LogP contribution in [0.1, 0.15) is 6.92 Å². The zero-order chi connectivity index (χ0) is 20.6. The normalized spacial score (nSPS) is 12.2. The number of azo groups is 1. The smallest absolute Gasteiger partial charge is 0.241 e. The Morgan fingerprint density at radius 2 is 2.00 bits per heavy atom. The standard InChI is InChI=1S/C18H16N6O3S2/c1-2-20-12-7-3-5-10-15(12)13(9-14(16(10)25)29(19,26)27)22-23-18-11-6-4-8-21-17(11)24-28-18/h3-9,20,25H,2H2,1H3,(H2,19,26,27)/b23-22+. The number of phenolic OH excluding ortho intramolecular Hbond substituents is 1. The van der Waals surface area contributed by atoms with E-state index in [1.807, 2.05) is 19.1 Å². The predicted molar refractivity (Wildman–Crippen MR) is 113 cm³/mol. The second kappa shape index (κ2) is 7.35. The number of nitrogens with two attached hydrogens (primary N) is 1. The van der Waals surface area contributed by atoms with Crippen LogP contribution < -0.4 is 10.5 Å². The minimum Gasteiger partial charge on any atom is -0.506 e. The van der Waals surface area contributed by atoms with Gasteiger partial charge in [-0.1, -0.05) is 12.1 Å². The first-order chi connectivity index (χ1) is 13.9. The van der Waals surface area contributed by atoms with Crippen LogP contribution in [-0.4, -0.2) is 29.4 Å². The minimum atomic E-state index is -4.17. The van der Waals surface area contributed by atoms with Crippen LogP contribution in [0.25, 0.3) is 21.8 Å². The van der Waals surface area contributed by atoms with E-state index < -0.39 is 20.7 Å². The van der Waals surface area contributed by atoms with Crippen molar-refractivity contribution in [1.29, 1.82) is 0 Å². The molecule has 0 aliphatic heterocycles. The van der Waals surface area contributed by atoms with E-state index in [2.05, 4.69) is 24.9 Å². The number of benzene rings is 2. The molecule has 0 fully saturated rings. The van der Waals surface area contributed by atoms with Gasteiger partial charge in [0.25, 0.3) is 0 Å². The van der Waals surface area contributed by atoms with Crippen molar-refractivity contribution in [2.75, 3.05) is 11.9 Å². The molecule has 2 aromatic carbocycles. The number of hydrogen-bond acceptors (Lipinski definition) is 9. The topological polar surface area (TPSA) is 143 Å². The molecule has 29 heavy (non-hydrogen) atoms. The van der Waals surface area contributed by atoms with Crippen LogP contribution in [-0.2, 0) is 10.0 Å². The molecule has 0 atom stereocenters. The summed E-state index contributed by atoms with van der Waals surface area (Å²) < 4.78 is 28.2. The fourth-order valence-electron chi connectivity index (χ4n) is 3.00. The molecular weight excluding hydrogens is 412 g/mol. The Hall–Kier alpha value is -3.15. The fraction of sp³-hybridized carbons (Fsp3) is 0.111. The summed E-state index contributed by atoms with van der Waals surface area (Å²) in [7, 11) is -4.17. The van der Waals surface area contributed by atoms with Gasteiger partial charge >= 0.3 is 0 Å². The van der Waals surface area contributed by atoms with E-state index in [-0.39, 0.29) is 5.69 Å². The number of sulfonamides is 1. The van der Waals surface area contributed by atoms with E-state index in [0.29, 0.717) is 33.7 Å². The van der Waals surface area contributed by atoms with Crippen molar-refractivity contribution < 1.29 is 13.5 Å². The monoisotopic (exact) mass is 428 g/mol. The average molecular weight is 428 g/mol. The van der Waals surface area contributed by atoms with E-state index in [1.54, 1.807) is 24.4 Å². The van der Waals surface area contributed by atoms with Gasteiger partial charge in [-0.25, -0.2) is 18.5 Å². The summed E-state index contributed by atoms with van der Waals surface area (Å²) in [6.07, 6.45) is 1.64. The van der Waals surface area contributed by atoms with Crippen LogP contribution in [0.5, 0.6) is 5.75 Å². The Bertz CT molecular complexity index is 1370. The van der Waals surface area contributed by atoms with Crippen LogP contribution in [0, 0.1) is 0 Å². The minimum absolute atomic E-state index is 0.254. The second-order valence-electron chi connectivity index (χ2n) is 6.11. The summed E-state index contributed by atoms with van der Waals surface area (Å²) in [4.78, 5) is 3.75. The van der Waals surface area contributed by atoms with Crippen molar-refractivity contribution in [1.82, 2.24) is 9.36 Å². The summed E-state index contributed by atoms with van der Waals surface area (Å²) in [5, 5.41) is 29.7. The number of rotatable bonds is 5. The molecule has 11 heteroatoms. The molecule has 0 spiro atoms. The summed E-state index contributed by atoms with van der Waals surface area (Å²) in [6.45, 7) is 2.55. The third kappa shape index (κ3) is 3.50. The molecule has 4 aromatic rings. The van der Waals surface area contributed by atoms with Crippen LogP contribution in [0.4, 0.5) is 16.4 Å². The molecule has 148 valence electrons. The lowest BCUT2D eigenvalue weighted by Crippen LogP contribution is -2.12. The van der Waals surface area contributed by atoms with E-state index >= 15 is 0 Å². The van der Waals surface area contributed by atoms with Gasteiger partial charge < -0.3 is 10.4 Å². The number of pyridine rings is 1. The Morgan fingerprint density at radius 1 is 1.21 bits per heavy atom. The number of nitrogens with zero attached hydrogens (tertiary/aromatic N) is 4. The summed E-state index contributed by atoms with van der Waals surface area (Å²) in [5.41, 5.74) is 1.50. The van der Waals surface area contributed by atoms with Crippen LogP contribution >= 0.6 is 11.5 Å². The van der Waals surface area contributed by atoms with Gasteiger partial charge in [0.05, 0.1) is 11.1 Å². The number of phenols is 1. The lowest BCUT2D eigenvalue weighted by Gasteiger charge is -2.13. The van der Waals surface area contributed by atoms with Gasteiger partial charge in [-0.3, -0.25) is 0 Å². The van der Waals surface area contributed by atoms with Gasteiger partial charge in [-0.2, -0.15) is 4.37 Å². The van der Waals surface area contributed by atoms with Crippen molar-refractivity contribution in [2.24, 2.45) is 15.4 Å². The first kappa shape index (κ1) is 19.2. The highest BCUT2D eigenvalue weighted by atomic mass is 32.2. The number of primary sulfonamides is 1. The predicted octanol–water partition coefficient (Wildman–Crippen LogP) is 4.04. The molecule has 0 unspecified atom stereocenters. The molecule has 4 rings (SSSR count). The first-order valence-corrected chi connectivity index (χ1v) is 10.9. The number of hydrogen-bond donors (Lipinski definition) is 3. The zero-order valence-corrected chi connectivity index (χ0v) is 16.8. The molecule has 0 radical (unpaired) electrons. The Labute approximate surface area is 170 Å². The fourth-order valence-corrected chi connectivity index (χ4v) is 4.31. The van der Waals surface area contributed by atoms with Crippen molar-refractivity contribution in [3.8, 4) is 5.75 Å². The van der Waals surface area contributed by atoms with Crippen molar-refractivity contribution in [3.63, 3.8) is 0 Å². The quantitative estimate of drug-likeness (QED) is 0.409. The highest BCUT2D eigenvalue weighted by Gasteiger charge is 2.21. The van der Waals surface area contributed by atoms with Crippen molar-refractivity contribution >= 4 is 59.7 Å². The number of anilines is 1. The maximum atomic E-state index is 12.0. The number of aromatic nitrogens is 2. The van der Waals surface area contributed by atoms with Crippen LogP contribution in [0.2, 0.25) is 0 Å². The molecule has 2 heterocycles. The largest absolute Gasteiger partial charge is 0.506 e. The second-order valence-corrected chi connectivity index (χ2v) is 8.39. The van der Waals surface area contributed by atoms with Crippen molar-refractivity contribution in [3.05, 3.63) is 42.6 Å². The Morgan fingerprint density at radius 3 is 2.76 bits per heavy atom. The van der Waals surface area contributed by atoms with Crippen LogP contribution in [0.15, 0.2) is 57.7 Å². The molecule has 4 N–H and O–H groups in total. The Balaban J connectivity index is 1.97.